The molecule has 0 aromatic heterocycles. The van der Waals surface area contributed by atoms with Crippen molar-refractivity contribution in [3.05, 3.63) is 11.1 Å². The van der Waals surface area contributed by atoms with Crippen LogP contribution >= 0.6 is 15.9 Å². The summed E-state index contributed by atoms with van der Waals surface area (Å²) in [5, 5.41) is 0. The van der Waals surface area contributed by atoms with Gasteiger partial charge < -0.3 is 4.74 Å². The maximum atomic E-state index is 11.2. The van der Waals surface area contributed by atoms with Crippen LogP contribution in [0.25, 0.3) is 0 Å². The molecular formula is C10H16BrNO2. The smallest absolute Gasteiger partial charge is 0.308 e. The summed E-state index contributed by atoms with van der Waals surface area (Å²) in [6, 6.07) is 0. The molecule has 80 valence electrons. The van der Waals surface area contributed by atoms with Crippen molar-refractivity contribution >= 4 is 21.9 Å². The van der Waals surface area contributed by atoms with E-state index in [9.17, 15) is 4.79 Å². The van der Waals surface area contributed by atoms with Gasteiger partial charge in [-0.15, -0.1) is 0 Å². The fraction of sp³-hybridized carbons (Fsp3) is 0.700. The van der Waals surface area contributed by atoms with Gasteiger partial charge in [-0.2, -0.15) is 0 Å². The molecule has 1 aliphatic heterocycles. The lowest BCUT2D eigenvalue weighted by molar-refractivity contribution is -0.147. The Balaban J connectivity index is 2.31. The molecule has 0 saturated carbocycles. The zero-order valence-electron chi connectivity index (χ0n) is 8.46. The number of hydrogen-bond acceptors (Lipinski definition) is 3. The van der Waals surface area contributed by atoms with Crippen LogP contribution in [0, 0.1) is 5.92 Å². The Bertz CT molecular complexity index is 222. The van der Waals surface area contributed by atoms with Crippen LogP contribution in [0.4, 0.5) is 0 Å². The molecule has 0 aromatic carbocycles. The van der Waals surface area contributed by atoms with E-state index in [4.69, 9.17) is 4.74 Å². The zero-order valence-corrected chi connectivity index (χ0v) is 10.0. The van der Waals surface area contributed by atoms with Gasteiger partial charge in [0.15, 0.2) is 0 Å². The molecule has 3 nitrogen and oxygen atoms in total. The summed E-state index contributed by atoms with van der Waals surface area (Å²) >= 11 is 3.34. The highest BCUT2D eigenvalue weighted by molar-refractivity contribution is 9.11. The van der Waals surface area contributed by atoms with Gasteiger partial charge in [0.1, 0.15) is 0 Å². The van der Waals surface area contributed by atoms with Crippen molar-refractivity contribution in [2.75, 3.05) is 26.7 Å². The number of nitrogens with zero attached hydrogens (tertiary/aromatic N) is 1. The second-order valence-corrected chi connectivity index (χ2v) is 4.71. The van der Waals surface area contributed by atoms with Crippen LogP contribution in [0.2, 0.25) is 0 Å². The number of methoxy groups -OCH3 is 1. The van der Waals surface area contributed by atoms with Crippen LogP contribution in [-0.2, 0) is 9.53 Å². The third-order valence-corrected chi connectivity index (χ3v) is 2.77. The predicted octanol–water partition coefficient (Wildman–Crippen LogP) is 1.78. The fourth-order valence-corrected chi connectivity index (χ4v) is 2.09. The second kappa shape index (κ2) is 5.51. The molecule has 4 heteroatoms. The number of hydrogen-bond donors (Lipinski definition) is 0. The van der Waals surface area contributed by atoms with E-state index in [2.05, 4.69) is 27.4 Å². The highest BCUT2D eigenvalue weighted by Crippen LogP contribution is 2.19. The van der Waals surface area contributed by atoms with Gasteiger partial charge in [-0.05, 0) is 25.9 Å². The van der Waals surface area contributed by atoms with E-state index in [1.807, 2.05) is 0 Å². The third kappa shape index (κ3) is 3.42. The molecule has 1 heterocycles. The van der Waals surface area contributed by atoms with Crippen LogP contribution in [0.15, 0.2) is 11.1 Å². The zero-order chi connectivity index (χ0) is 10.6. The van der Waals surface area contributed by atoms with E-state index < -0.39 is 0 Å². The maximum Gasteiger partial charge on any atom is 0.308 e. The standard InChI is InChI=1S/C10H16BrNO2/c1-8(11)7-12-5-3-9(4-6-12)10(13)14-2/h9H,1,3-7H2,2H3. The van der Waals surface area contributed by atoms with Gasteiger partial charge in [-0.3, -0.25) is 9.69 Å². The van der Waals surface area contributed by atoms with E-state index in [0.717, 1.165) is 37.0 Å². The Morgan fingerprint density at radius 3 is 2.57 bits per heavy atom. The average Bonchev–Trinajstić information content (AvgIpc) is 2.17. The minimum atomic E-state index is -0.0673. The van der Waals surface area contributed by atoms with Gasteiger partial charge in [-0.1, -0.05) is 22.5 Å². The number of halogens is 1. The lowest BCUT2D eigenvalue weighted by Gasteiger charge is -2.30. The highest BCUT2D eigenvalue weighted by Gasteiger charge is 2.25. The van der Waals surface area contributed by atoms with Gasteiger partial charge in [0.2, 0.25) is 0 Å². The monoisotopic (exact) mass is 261 g/mol. The molecule has 0 atom stereocenters. The average molecular weight is 262 g/mol. The topological polar surface area (TPSA) is 29.5 Å². The molecule has 0 amide bonds. The number of ether oxygens (including phenoxy) is 1. The molecule has 1 fully saturated rings. The van der Waals surface area contributed by atoms with Gasteiger partial charge in [0.05, 0.1) is 13.0 Å². The first-order valence-electron chi connectivity index (χ1n) is 4.77. The first-order chi connectivity index (χ1) is 6.63. The van der Waals surface area contributed by atoms with Crippen molar-refractivity contribution in [3.63, 3.8) is 0 Å². The van der Waals surface area contributed by atoms with Crippen LogP contribution in [-0.4, -0.2) is 37.6 Å². The molecule has 1 rings (SSSR count). The maximum absolute atomic E-state index is 11.2. The quantitative estimate of drug-likeness (QED) is 0.726. The van der Waals surface area contributed by atoms with Crippen molar-refractivity contribution in [2.24, 2.45) is 5.92 Å². The summed E-state index contributed by atoms with van der Waals surface area (Å²) in [4.78, 5) is 13.5. The summed E-state index contributed by atoms with van der Waals surface area (Å²) in [6.07, 6.45) is 1.79. The largest absolute Gasteiger partial charge is 0.469 e. The molecular weight excluding hydrogens is 246 g/mol. The van der Waals surface area contributed by atoms with E-state index >= 15 is 0 Å². The molecule has 0 aromatic rings. The minimum Gasteiger partial charge on any atom is -0.469 e. The Hall–Kier alpha value is -0.350. The van der Waals surface area contributed by atoms with Gasteiger partial charge in [0.25, 0.3) is 0 Å². The van der Waals surface area contributed by atoms with E-state index in [-0.39, 0.29) is 11.9 Å². The number of likely N-dealkylation sites (tertiary alicyclic amines) is 1. The van der Waals surface area contributed by atoms with E-state index in [1.54, 1.807) is 0 Å². The number of piperidine rings is 1. The van der Waals surface area contributed by atoms with Crippen LogP contribution in [0.1, 0.15) is 12.8 Å². The molecule has 0 spiro atoms. The van der Waals surface area contributed by atoms with E-state index in [0.29, 0.717) is 0 Å². The second-order valence-electron chi connectivity index (χ2n) is 3.59. The molecule has 1 aliphatic rings. The fourth-order valence-electron chi connectivity index (χ4n) is 1.74. The lowest BCUT2D eigenvalue weighted by Crippen LogP contribution is -2.37. The van der Waals surface area contributed by atoms with Gasteiger partial charge in [0, 0.05) is 11.0 Å². The molecule has 14 heavy (non-hydrogen) atoms. The summed E-state index contributed by atoms with van der Waals surface area (Å²) in [7, 11) is 1.45. The Labute approximate surface area is 93.2 Å². The van der Waals surface area contributed by atoms with Gasteiger partial charge in [-0.25, -0.2) is 0 Å². The SMILES string of the molecule is C=C(Br)CN1CCC(C(=O)OC)CC1. The van der Waals surface area contributed by atoms with Crippen molar-refractivity contribution < 1.29 is 9.53 Å². The van der Waals surface area contributed by atoms with Crippen molar-refractivity contribution in [1.82, 2.24) is 4.90 Å². The molecule has 0 unspecified atom stereocenters. The van der Waals surface area contributed by atoms with Crippen molar-refractivity contribution in [1.29, 1.82) is 0 Å². The minimum absolute atomic E-state index is 0.0673. The molecule has 0 aliphatic carbocycles. The molecule has 1 saturated heterocycles. The van der Waals surface area contributed by atoms with Gasteiger partial charge >= 0.3 is 5.97 Å². The summed E-state index contributed by atoms with van der Waals surface area (Å²) in [6.45, 7) is 6.57. The van der Waals surface area contributed by atoms with Crippen molar-refractivity contribution in [2.45, 2.75) is 12.8 Å². The number of carbonyl (C=O) groups is 1. The normalized spacial score (nSPS) is 19.3. The number of carbonyl (C=O) groups excluding carboxylic acids is 1. The van der Waals surface area contributed by atoms with Crippen LogP contribution in [0.3, 0.4) is 0 Å². The predicted molar refractivity (Wildman–Crippen MR) is 59.2 cm³/mol. The lowest BCUT2D eigenvalue weighted by atomic mass is 9.97. The first kappa shape index (κ1) is 11.7. The van der Waals surface area contributed by atoms with Crippen molar-refractivity contribution in [3.8, 4) is 0 Å². The Morgan fingerprint density at radius 1 is 1.57 bits per heavy atom. The molecule has 0 N–H and O–H groups in total. The Kier molecular flexibility index (Phi) is 4.62. The third-order valence-electron chi connectivity index (χ3n) is 2.52. The first-order valence-corrected chi connectivity index (χ1v) is 5.56. The number of esters is 1. The summed E-state index contributed by atoms with van der Waals surface area (Å²) < 4.78 is 5.72. The Morgan fingerprint density at radius 2 is 2.14 bits per heavy atom. The summed E-state index contributed by atoms with van der Waals surface area (Å²) in [5.41, 5.74) is 0. The molecule has 0 radical (unpaired) electrons. The van der Waals surface area contributed by atoms with Crippen LogP contribution < -0.4 is 0 Å². The summed E-state index contributed by atoms with van der Waals surface area (Å²) in [5.74, 6) is 0.0298. The highest BCUT2D eigenvalue weighted by atomic mass is 79.9. The van der Waals surface area contributed by atoms with E-state index in [1.165, 1.54) is 7.11 Å². The van der Waals surface area contributed by atoms with Crippen LogP contribution in [0.5, 0.6) is 0 Å². The number of rotatable bonds is 3. The molecule has 0 bridgehead atoms.